The summed E-state index contributed by atoms with van der Waals surface area (Å²) in [5, 5.41) is 0. The van der Waals surface area contributed by atoms with Crippen LogP contribution >= 0.6 is 12.6 Å². The molecule has 0 saturated heterocycles. The van der Waals surface area contributed by atoms with Crippen LogP contribution in [0.15, 0.2) is 47.2 Å². The number of hydrogen-bond acceptors (Lipinski definition) is 2. The molecule has 2 aliphatic rings. The lowest BCUT2D eigenvalue weighted by atomic mass is 10.2. The fourth-order valence-corrected chi connectivity index (χ4v) is 1.54. The Morgan fingerprint density at radius 2 is 2.18 bits per heavy atom. The normalized spacial score (nSPS) is 21.0. The van der Waals surface area contributed by atoms with Gasteiger partial charge in [0, 0.05) is 17.6 Å². The first-order chi connectivity index (χ1) is 5.38. The lowest BCUT2D eigenvalue weighted by Gasteiger charge is -2.25. The molecule has 56 valence electrons. The van der Waals surface area contributed by atoms with Gasteiger partial charge in [0.05, 0.1) is 5.70 Å². The van der Waals surface area contributed by atoms with E-state index in [0.29, 0.717) is 0 Å². The van der Waals surface area contributed by atoms with Crippen molar-refractivity contribution in [2.75, 3.05) is 6.54 Å². The maximum Gasteiger partial charge on any atom is 0.0544 e. The van der Waals surface area contributed by atoms with Gasteiger partial charge in [-0.25, -0.2) is 0 Å². The Morgan fingerprint density at radius 3 is 3.00 bits per heavy atom. The molecule has 0 N–H and O–H groups in total. The molecule has 0 aliphatic carbocycles. The Hall–Kier alpha value is -0.890. The minimum atomic E-state index is 0.959. The minimum absolute atomic E-state index is 0.959. The second kappa shape index (κ2) is 2.62. The number of thiol groups is 1. The summed E-state index contributed by atoms with van der Waals surface area (Å²) in [7, 11) is 0. The highest BCUT2D eigenvalue weighted by atomic mass is 32.1. The van der Waals surface area contributed by atoms with E-state index in [1.807, 2.05) is 18.2 Å². The first-order valence-electron chi connectivity index (χ1n) is 3.59. The van der Waals surface area contributed by atoms with Crippen LogP contribution in [0.3, 0.4) is 0 Å². The fraction of sp³-hybridized carbons (Fsp3) is 0.111. The SMILES string of the molecule is SC1=C2C=CC=CN2CC=C1. The fourth-order valence-electron chi connectivity index (χ4n) is 1.23. The van der Waals surface area contributed by atoms with Crippen molar-refractivity contribution in [2.24, 2.45) is 0 Å². The molecular formula is C9H9NS. The van der Waals surface area contributed by atoms with Crippen molar-refractivity contribution in [3.8, 4) is 0 Å². The molecule has 0 radical (unpaired) electrons. The standard InChI is InChI=1S/C9H9NS/c11-9-5-3-7-10-6-2-1-4-8(9)10/h1-6,11H,7H2. The topological polar surface area (TPSA) is 3.24 Å². The Bertz CT molecular complexity index is 284. The highest BCUT2D eigenvalue weighted by Crippen LogP contribution is 2.23. The molecule has 2 heteroatoms. The zero-order chi connectivity index (χ0) is 7.68. The van der Waals surface area contributed by atoms with E-state index in [1.165, 1.54) is 5.70 Å². The molecule has 0 unspecified atom stereocenters. The third-order valence-corrected chi connectivity index (χ3v) is 2.16. The number of hydrogen-bond donors (Lipinski definition) is 1. The van der Waals surface area contributed by atoms with Crippen LogP contribution in [0.25, 0.3) is 0 Å². The molecule has 0 amide bonds. The van der Waals surface area contributed by atoms with Crippen molar-refractivity contribution < 1.29 is 0 Å². The van der Waals surface area contributed by atoms with Gasteiger partial charge in [-0.05, 0) is 18.2 Å². The van der Waals surface area contributed by atoms with Crippen LogP contribution in [0.2, 0.25) is 0 Å². The molecule has 0 aromatic heterocycles. The van der Waals surface area contributed by atoms with E-state index in [9.17, 15) is 0 Å². The highest BCUT2D eigenvalue weighted by molar-refractivity contribution is 7.84. The summed E-state index contributed by atoms with van der Waals surface area (Å²) in [6, 6.07) is 0. The van der Waals surface area contributed by atoms with E-state index in [2.05, 4.69) is 35.9 Å². The van der Waals surface area contributed by atoms with Gasteiger partial charge < -0.3 is 4.90 Å². The van der Waals surface area contributed by atoms with Crippen molar-refractivity contribution in [1.82, 2.24) is 4.90 Å². The predicted octanol–water partition coefficient (Wildman–Crippen LogP) is 2.08. The molecule has 0 saturated carbocycles. The molecule has 2 rings (SSSR count). The van der Waals surface area contributed by atoms with Crippen molar-refractivity contribution in [3.05, 3.63) is 47.2 Å². The largest absolute Gasteiger partial charge is 0.343 e. The van der Waals surface area contributed by atoms with Gasteiger partial charge in [-0.15, -0.1) is 12.6 Å². The smallest absolute Gasteiger partial charge is 0.0544 e. The van der Waals surface area contributed by atoms with Crippen LogP contribution in [0.4, 0.5) is 0 Å². The Kier molecular flexibility index (Phi) is 1.62. The van der Waals surface area contributed by atoms with Gasteiger partial charge >= 0.3 is 0 Å². The lowest BCUT2D eigenvalue weighted by Crippen LogP contribution is -2.20. The second-order valence-corrected chi connectivity index (χ2v) is 3.01. The molecule has 0 fully saturated rings. The molecule has 0 aromatic rings. The van der Waals surface area contributed by atoms with E-state index in [4.69, 9.17) is 0 Å². The molecule has 2 aliphatic heterocycles. The van der Waals surface area contributed by atoms with E-state index in [0.717, 1.165) is 11.4 Å². The second-order valence-electron chi connectivity index (χ2n) is 2.53. The maximum atomic E-state index is 4.35. The molecule has 0 atom stereocenters. The Labute approximate surface area is 71.8 Å². The molecule has 0 spiro atoms. The van der Waals surface area contributed by atoms with Crippen LogP contribution in [0, 0.1) is 0 Å². The van der Waals surface area contributed by atoms with Crippen molar-refractivity contribution in [1.29, 1.82) is 0 Å². The van der Waals surface area contributed by atoms with Gasteiger partial charge in [-0.2, -0.15) is 0 Å². The summed E-state index contributed by atoms with van der Waals surface area (Å²) in [5.41, 5.74) is 1.19. The molecule has 1 nitrogen and oxygen atoms in total. The van der Waals surface area contributed by atoms with E-state index in [-0.39, 0.29) is 0 Å². The van der Waals surface area contributed by atoms with Crippen LogP contribution < -0.4 is 0 Å². The monoisotopic (exact) mass is 163 g/mol. The zero-order valence-corrected chi connectivity index (χ0v) is 6.96. The van der Waals surface area contributed by atoms with Gasteiger partial charge in [0.15, 0.2) is 0 Å². The number of rotatable bonds is 0. The number of nitrogens with zero attached hydrogens (tertiary/aromatic N) is 1. The van der Waals surface area contributed by atoms with Crippen LogP contribution in [0.5, 0.6) is 0 Å². The molecule has 0 aromatic carbocycles. The van der Waals surface area contributed by atoms with Crippen LogP contribution in [0.1, 0.15) is 0 Å². The molecule has 2 heterocycles. The van der Waals surface area contributed by atoms with Crippen LogP contribution in [-0.2, 0) is 0 Å². The summed E-state index contributed by atoms with van der Waals surface area (Å²) in [4.78, 5) is 3.21. The van der Waals surface area contributed by atoms with E-state index >= 15 is 0 Å². The predicted molar refractivity (Wildman–Crippen MR) is 50.1 cm³/mol. The first kappa shape index (κ1) is 6.80. The van der Waals surface area contributed by atoms with Crippen molar-refractivity contribution >= 4 is 12.6 Å². The van der Waals surface area contributed by atoms with E-state index < -0.39 is 0 Å². The summed E-state index contributed by atoms with van der Waals surface area (Å²) < 4.78 is 0. The van der Waals surface area contributed by atoms with E-state index in [1.54, 1.807) is 0 Å². The lowest BCUT2D eigenvalue weighted by molar-refractivity contribution is 0.522. The first-order valence-corrected chi connectivity index (χ1v) is 4.04. The van der Waals surface area contributed by atoms with Crippen molar-refractivity contribution in [2.45, 2.75) is 0 Å². The molecule has 0 bridgehead atoms. The quantitative estimate of drug-likeness (QED) is 0.535. The van der Waals surface area contributed by atoms with Gasteiger partial charge in [0.25, 0.3) is 0 Å². The maximum absolute atomic E-state index is 4.35. The molecule has 11 heavy (non-hydrogen) atoms. The van der Waals surface area contributed by atoms with Gasteiger partial charge in [0.1, 0.15) is 0 Å². The number of fused-ring (bicyclic) bond motifs is 1. The summed E-state index contributed by atoms with van der Waals surface area (Å²) in [6.45, 7) is 0.959. The van der Waals surface area contributed by atoms with Crippen molar-refractivity contribution in [3.63, 3.8) is 0 Å². The summed E-state index contributed by atoms with van der Waals surface area (Å²) in [6.07, 6.45) is 12.3. The average molecular weight is 163 g/mol. The van der Waals surface area contributed by atoms with Gasteiger partial charge in [-0.3, -0.25) is 0 Å². The zero-order valence-electron chi connectivity index (χ0n) is 6.07. The average Bonchev–Trinajstić information content (AvgIpc) is 2.06. The Balaban J connectivity index is 2.43. The van der Waals surface area contributed by atoms with Gasteiger partial charge in [0.2, 0.25) is 0 Å². The third kappa shape index (κ3) is 1.14. The minimum Gasteiger partial charge on any atom is -0.343 e. The number of allylic oxidation sites excluding steroid dienone is 4. The van der Waals surface area contributed by atoms with Crippen LogP contribution in [-0.4, -0.2) is 11.4 Å². The molecular weight excluding hydrogens is 154 g/mol. The Morgan fingerprint density at radius 1 is 1.27 bits per heavy atom. The summed E-state index contributed by atoms with van der Waals surface area (Å²) in [5.74, 6) is 0. The van der Waals surface area contributed by atoms with Gasteiger partial charge in [-0.1, -0.05) is 12.2 Å². The highest BCUT2D eigenvalue weighted by Gasteiger charge is 2.10. The third-order valence-electron chi connectivity index (χ3n) is 1.78. The summed E-state index contributed by atoms with van der Waals surface area (Å²) >= 11 is 4.35.